The number of hydrogen-bond donors (Lipinski definition) is 1. The second kappa shape index (κ2) is 12.3. The van der Waals surface area contributed by atoms with Crippen LogP contribution >= 0.6 is 0 Å². The van der Waals surface area contributed by atoms with Crippen LogP contribution in [0.25, 0.3) is 0 Å². The highest BCUT2D eigenvalue weighted by Gasteiger charge is 2.36. The Labute approximate surface area is 231 Å². The summed E-state index contributed by atoms with van der Waals surface area (Å²) in [7, 11) is -3.68. The summed E-state index contributed by atoms with van der Waals surface area (Å²) in [5.41, 5.74) is 3.51. The van der Waals surface area contributed by atoms with Gasteiger partial charge in [0.25, 0.3) is 10.2 Å². The number of benzene rings is 2. The minimum Gasteiger partial charge on any atom is -0.491 e. The van der Waals surface area contributed by atoms with Gasteiger partial charge in [0.15, 0.2) is 5.76 Å². The van der Waals surface area contributed by atoms with Crippen LogP contribution < -0.4 is 5.01 Å². The predicted octanol–water partition coefficient (Wildman–Crippen LogP) is 3.45. The number of aryl methyl sites for hydroxylation is 1. The molecule has 0 aliphatic carbocycles. The zero-order valence-corrected chi connectivity index (χ0v) is 23.2. The number of aliphatic hydroxyl groups is 1. The van der Waals surface area contributed by atoms with Gasteiger partial charge in [0, 0.05) is 39.3 Å². The summed E-state index contributed by atoms with van der Waals surface area (Å²) in [6, 6.07) is 17.5. The molecule has 1 fully saturated rings. The molecule has 4 aliphatic rings. The first-order valence-corrected chi connectivity index (χ1v) is 15.0. The molecule has 2 aromatic rings. The molecular weight excluding hydrogens is 514 g/mol. The smallest absolute Gasteiger partial charge is 0.282 e. The molecule has 208 valence electrons. The van der Waals surface area contributed by atoms with Crippen LogP contribution in [0.1, 0.15) is 30.4 Å². The van der Waals surface area contributed by atoms with Gasteiger partial charge in [-0.3, -0.25) is 0 Å². The average Bonchev–Trinajstić information content (AvgIpc) is 2.94. The molecule has 1 saturated heterocycles. The van der Waals surface area contributed by atoms with Crippen LogP contribution in [-0.4, -0.2) is 78.8 Å². The van der Waals surface area contributed by atoms with E-state index in [-0.39, 0.29) is 0 Å². The van der Waals surface area contributed by atoms with Gasteiger partial charge in [-0.05, 0) is 49.4 Å². The number of piperazine rings is 1. The lowest BCUT2D eigenvalue weighted by Gasteiger charge is -2.40. The number of aliphatic hydroxyl groups excluding tert-OH is 1. The molecule has 1 atom stereocenters. The quantitative estimate of drug-likeness (QED) is 0.588. The van der Waals surface area contributed by atoms with E-state index in [1.807, 2.05) is 73.7 Å². The van der Waals surface area contributed by atoms with E-state index < -0.39 is 16.4 Å². The normalized spacial score (nSPS) is 23.9. The molecule has 4 aliphatic heterocycles. The molecule has 2 aromatic carbocycles. The highest BCUT2D eigenvalue weighted by atomic mass is 32.2. The summed E-state index contributed by atoms with van der Waals surface area (Å²) in [6.45, 7) is 4.74. The summed E-state index contributed by atoms with van der Waals surface area (Å²) in [5, 5.41) is 17.5. The standard InChI is InChI=1S/C29H37N5O4S/c1-24-11-10-14-26(21-24)34-29(35)28-27(22-30-34)31-16-18-32(19-17-31)39(36,37)33(23-25-12-6-5-7-13-25)15-8-3-2-4-9-20-38-28/h3,5-8,10-14,21-22,29,35H,2,4,9,15-20,23H2,1H3/b8-3+. The van der Waals surface area contributed by atoms with E-state index in [4.69, 9.17) is 4.74 Å². The van der Waals surface area contributed by atoms with Gasteiger partial charge in [-0.1, -0.05) is 54.6 Å². The number of rotatable bonds is 3. The third-order valence-corrected chi connectivity index (χ3v) is 9.17. The largest absolute Gasteiger partial charge is 0.491 e. The maximum absolute atomic E-state index is 13.7. The maximum Gasteiger partial charge on any atom is 0.282 e. The number of fused-ring (bicyclic) bond motifs is 10. The predicted molar refractivity (Wildman–Crippen MR) is 153 cm³/mol. The van der Waals surface area contributed by atoms with Crippen LogP contribution in [0, 0.1) is 6.92 Å². The zero-order chi connectivity index (χ0) is 27.2. The monoisotopic (exact) mass is 551 g/mol. The summed E-state index contributed by atoms with van der Waals surface area (Å²) in [4.78, 5) is 2.06. The van der Waals surface area contributed by atoms with E-state index in [9.17, 15) is 13.5 Å². The lowest BCUT2D eigenvalue weighted by molar-refractivity contribution is 0.0846. The van der Waals surface area contributed by atoms with E-state index >= 15 is 0 Å². The molecule has 0 saturated carbocycles. The van der Waals surface area contributed by atoms with E-state index in [2.05, 4.69) is 10.0 Å². The van der Waals surface area contributed by atoms with Gasteiger partial charge in [-0.25, -0.2) is 5.01 Å². The van der Waals surface area contributed by atoms with Crippen molar-refractivity contribution in [3.05, 3.63) is 89.3 Å². The molecular formula is C29H37N5O4S. The van der Waals surface area contributed by atoms with Crippen molar-refractivity contribution >= 4 is 22.1 Å². The number of allylic oxidation sites excluding steroid dienone is 2. The van der Waals surface area contributed by atoms with Gasteiger partial charge in [-0.15, -0.1) is 0 Å². The molecule has 0 spiro atoms. The third kappa shape index (κ3) is 6.36. The Bertz CT molecular complexity index is 1320. The van der Waals surface area contributed by atoms with Crippen LogP contribution in [-0.2, 0) is 21.5 Å². The van der Waals surface area contributed by atoms with Gasteiger partial charge < -0.3 is 14.7 Å². The molecule has 2 bridgehead atoms. The van der Waals surface area contributed by atoms with Gasteiger partial charge in [0.2, 0.25) is 6.23 Å². The van der Waals surface area contributed by atoms with Crippen molar-refractivity contribution < 1.29 is 18.3 Å². The second-order valence-electron chi connectivity index (χ2n) is 10.0. The SMILES string of the molecule is Cc1cccc(N2N=CC3=C(OCCCC/C=C/CN(Cc4ccccc4)S(=O)(=O)N4CCN3CC4)C2O)c1. The number of nitrogens with zero attached hydrogens (tertiary/aromatic N) is 5. The maximum atomic E-state index is 13.7. The van der Waals surface area contributed by atoms with Crippen LogP contribution in [0.2, 0.25) is 0 Å². The lowest BCUT2D eigenvalue weighted by Crippen LogP contribution is -2.53. The van der Waals surface area contributed by atoms with E-state index in [1.165, 1.54) is 0 Å². The fourth-order valence-electron chi connectivity index (χ4n) is 5.06. The van der Waals surface area contributed by atoms with E-state index in [0.717, 1.165) is 36.1 Å². The molecule has 1 N–H and O–H groups in total. The molecule has 0 amide bonds. The van der Waals surface area contributed by atoms with E-state index in [1.54, 1.807) is 19.8 Å². The number of hydrogen-bond acceptors (Lipinski definition) is 7. The molecule has 4 heterocycles. The van der Waals surface area contributed by atoms with Crippen molar-refractivity contribution in [2.24, 2.45) is 5.10 Å². The van der Waals surface area contributed by atoms with Crippen molar-refractivity contribution in [3.8, 4) is 0 Å². The average molecular weight is 552 g/mol. The second-order valence-corrected chi connectivity index (χ2v) is 12.0. The molecule has 39 heavy (non-hydrogen) atoms. The highest BCUT2D eigenvalue weighted by Crippen LogP contribution is 2.29. The third-order valence-electron chi connectivity index (χ3n) is 7.22. The fraction of sp³-hybridized carbons (Fsp3) is 0.414. The summed E-state index contributed by atoms with van der Waals surface area (Å²) < 4.78 is 36.8. The van der Waals surface area contributed by atoms with Crippen molar-refractivity contribution in [1.82, 2.24) is 13.5 Å². The molecule has 0 aromatic heterocycles. The number of hydrazone groups is 1. The van der Waals surface area contributed by atoms with Crippen LogP contribution in [0.15, 0.2) is 83.3 Å². The molecule has 10 heteroatoms. The zero-order valence-electron chi connectivity index (χ0n) is 22.4. The molecule has 6 rings (SSSR count). The Balaban J connectivity index is 1.39. The number of anilines is 1. The Morgan fingerprint density at radius 2 is 1.79 bits per heavy atom. The molecule has 0 radical (unpaired) electrons. The molecule has 1 unspecified atom stereocenters. The Morgan fingerprint density at radius 3 is 2.56 bits per heavy atom. The molecule has 9 nitrogen and oxygen atoms in total. The first-order valence-electron chi connectivity index (χ1n) is 13.6. The Morgan fingerprint density at radius 1 is 1.00 bits per heavy atom. The van der Waals surface area contributed by atoms with Gasteiger partial charge in [0.05, 0.1) is 18.5 Å². The number of ether oxygens (including phenoxy) is 1. The van der Waals surface area contributed by atoms with Gasteiger partial charge in [0.1, 0.15) is 5.70 Å². The van der Waals surface area contributed by atoms with Crippen molar-refractivity contribution in [3.63, 3.8) is 0 Å². The summed E-state index contributed by atoms with van der Waals surface area (Å²) in [6.07, 6.45) is 7.18. The summed E-state index contributed by atoms with van der Waals surface area (Å²) >= 11 is 0. The van der Waals surface area contributed by atoms with Crippen LogP contribution in [0.3, 0.4) is 0 Å². The van der Waals surface area contributed by atoms with Crippen molar-refractivity contribution in [2.45, 2.75) is 39.0 Å². The first-order chi connectivity index (χ1) is 18.9. The van der Waals surface area contributed by atoms with E-state index in [0.29, 0.717) is 57.3 Å². The Kier molecular flexibility index (Phi) is 8.66. The van der Waals surface area contributed by atoms with Crippen molar-refractivity contribution in [1.29, 1.82) is 0 Å². The van der Waals surface area contributed by atoms with Gasteiger partial charge in [-0.2, -0.15) is 22.1 Å². The van der Waals surface area contributed by atoms with Crippen LogP contribution in [0.5, 0.6) is 0 Å². The minimum absolute atomic E-state index is 0.324. The lowest BCUT2D eigenvalue weighted by atomic mass is 10.2. The van der Waals surface area contributed by atoms with Gasteiger partial charge >= 0.3 is 0 Å². The minimum atomic E-state index is -3.68. The topological polar surface area (TPSA) is 88.9 Å². The fourth-order valence-corrected chi connectivity index (χ4v) is 6.60. The first kappa shape index (κ1) is 27.4. The van der Waals surface area contributed by atoms with Crippen LogP contribution in [0.4, 0.5) is 5.69 Å². The summed E-state index contributed by atoms with van der Waals surface area (Å²) in [5.74, 6) is 0.455. The Hall–Kier alpha value is -3.18. The highest BCUT2D eigenvalue weighted by molar-refractivity contribution is 7.86. The van der Waals surface area contributed by atoms with Crippen molar-refractivity contribution in [2.75, 3.05) is 44.3 Å².